The number of hydrogen-bond acceptors (Lipinski definition) is 2. The summed E-state index contributed by atoms with van der Waals surface area (Å²) < 4.78 is 177. The maximum Gasteiger partial charge on any atom is 0.416 e. The van der Waals surface area contributed by atoms with Crippen molar-refractivity contribution in [2.24, 2.45) is 5.41 Å². The molecule has 4 aromatic rings. The highest BCUT2D eigenvalue weighted by Crippen LogP contribution is 2.68. The number of methoxy groups -OCH3 is 1. The van der Waals surface area contributed by atoms with Gasteiger partial charge in [-0.1, -0.05) is 32.9 Å². The molecular weight excluding hydrogens is 723 g/mol. The molecule has 0 radical (unpaired) electrons. The zero-order chi connectivity index (χ0) is 37.9. The number of benzene rings is 3. The van der Waals surface area contributed by atoms with E-state index in [4.69, 9.17) is 9.84 Å². The summed E-state index contributed by atoms with van der Waals surface area (Å²) in [5.74, 6) is 0.0297. The topological polar surface area (TPSA) is 27.1 Å². The summed E-state index contributed by atoms with van der Waals surface area (Å²) in [5.41, 5.74) is -5.90. The van der Waals surface area contributed by atoms with Gasteiger partial charge in [-0.3, -0.25) is 0 Å². The van der Waals surface area contributed by atoms with Crippen molar-refractivity contribution in [2.45, 2.75) is 76.6 Å². The van der Waals surface area contributed by atoms with Crippen LogP contribution >= 0.6 is 7.92 Å². The molecular formula is C35H29F12N2OP. The van der Waals surface area contributed by atoms with Crippen molar-refractivity contribution >= 4 is 23.8 Å². The predicted molar refractivity (Wildman–Crippen MR) is 167 cm³/mol. The highest BCUT2D eigenvalue weighted by molar-refractivity contribution is 7.80. The average Bonchev–Trinajstić information content (AvgIpc) is 3.53. The Kier molecular flexibility index (Phi) is 8.45. The molecule has 0 aliphatic heterocycles. The number of hydrogen-bond donors (Lipinski definition) is 0. The minimum absolute atomic E-state index is 0.000483. The van der Waals surface area contributed by atoms with Crippen molar-refractivity contribution < 1.29 is 57.4 Å². The van der Waals surface area contributed by atoms with Gasteiger partial charge in [-0.05, 0) is 92.1 Å². The standard InChI is InChI=1S/C35H29F12N2OP/c1-17-27-24-9-10-31(4,30(24,2)3)29(27)49(48-17)28-25(50-5)7-6-8-26(28)51(22-13-18(32(36,37)38)11-19(14-22)33(39,40)41)23-15-20(34(42,43)44)12-21(16-23)35(45,46)47/h6-8,11-16,24H,9-10H2,1-5H3/t24-,31+/m1/s1. The molecule has 3 aromatic carbocycles. The van der Waals surface area contributed by atoms with Gasteiger partial charge >= 0.3 is 24.7 Å². The van der Waals surface area contributed by atoms with Crippen molar-refractivity contribution in [3.05, 3.63) is 93.8 Å². The molecule has 274 valence electrons. The van der Waals surface area contributed by atoms with E-state index in [-0.39, 0.29) is 40.2 Å². The Morgan fingerprint density at radius 3 is 1.59 bits per heavy atom. The molecule has 1 saturated carbocycles. The van der Waals surface area contributed by atoms with Crippen LogP contribution in [0.5, 0.6) is 5.75 Å². The second-order valence-electron chi connectivity index (χ2n) is 13.6. The summed E-state index contributed by atoms with van der Waals surface area (Å²) >= 11 is 0. The van der Waals surface area contributed by atoms with E-state index in [9.17, 15) is 52.7 Å². The first kappa shape index (κ1) is 37.0. The van der Waals surface area contributed by atoms with Crippen molar-refractivity contribution in [3.63, 3.8) is 0 Å². The van der Waals surface area contributed by atoms with E-state index in [0.29, 0.717) is 42.1 Å². The summed E-state index contributed by atoms with van der Waals surface area (Å²) in [6.07, 6.45) is -20.0. The maximum atomic E-state index is 14.2. The third kappa shape index (κ3) is 5.96. The van der Waals surface area contributed by atoms with E-state index in [1.54, 1.807) is 6.92 Å². The second-order valence-corrected chi connectivity index (χ2v) is 15.8. The Labute approximate surface area is 285 Å². The number of aromatic nitrogens is 2. The normalized spacial score (nSPS) is 20.3. The lowest BCUT2D eigenvalue weighted by molar-refractivity contribution is -0.144. The Bertz CT molecular complexity index is 1880. The van der Waals surface area contributed by atoms with Gasteiger partial charge in [0.25, 0.3) is 0 Å². The van der Waals surface area contributed by atoms with Crippen LogP contribution in [0.4, 0.5) is 52.7 Å². The molecule has 0 unspecified atom stereocenters. The summed E-state index contributed by atoms with van der Waals surface area (Å²) in [6.45, 7) is 7.86. The number of alkyl halides is 12. The van der Waals surface area contributed by atoms with E-state index >= 15 is 0 Å². The van der Waals surface area contributed by atoms with Gasteiger partial charge in [0.05, 0.1) is 40.8 Å². The second kappa shape index (κ2) is 11.6. The molecule has 0 saturated heterocycles. The number of nitrogens with zero attached hydrogens (tertiary/aromatic N) is 2. The third-order valence-electron chi connectivity index (χ3n) is 10.5. The Morgan fingerprint density at radius 1 is 0.725 bits per heavy atom. The zero-order valence-corrected chi connectivity index (χ0v) is 28.4. The molecule has 2 aliphatic carbocycles. The van der Waals surface area contributed by atoms with Crippen LogP contribution in [-0.4, -0.2) is 16.9 Å². The molecule has 1 heterocycles. The fraction of sp³-hybridized carbons (Fsp3) is 0.400. The fourth-order valence-electron chi connectivity index (χ4n) is 7.71. The number of rotatable bonds is 5. The monoisotopic (exact) mass is 752 g/mol. The molecule has 3 nitrogen and oxygen atoms in total. The van der Waals surface area contributed by atoms with Crippen LogP contribution < -0.4 is 20.7 Å². The summed E-state index contributed by atoms with van der Waals surface area (Å²) in [7, 11) is -1.82. The van der Waals surface area contributed by atoms with E-state index in [1.165, 1.54) is 30.0 Å². The van der Waals surface area contributed by atoms with Gasteiger partial charge in [-0.15, -0.1) is 0 Å². The average molecular weight is 753 g/mol. The quantitative estimate of drug-likeness (QED) is 0.150. The molecule has 2 aliphatic rings. The SMILES string of the molecule is COc1cccc(P(c2cc(C(F)(F)F)cc(C(F)(F)F)c2)c2cc(C(F)(F)F)cc(C(F)(F)F)c2)c1-n1nc(C)c2c1[C@]1(C)CC[C@H]2C1(C)C. The zero-order valence-electron chi connectivity index (χ0n) is 27.5. The largest absolute Gasteiger partial charge is 0.494 e. The molecule has 0 spiro atoms. The van der Waals surface area contributed by atoms with Crippen molar-refractivity contribution in [2.75, 3.05) is 7.11 Å². The molecule has 0 amide bonds. The van der Waals surface area contributed by atoms with E-state index in [2.05, 4.69) is 13.8 Å². The molecule has 1 fully saturated rings. The van der Waals surface area contributed by atoms with Gasteiger partial charge in [-0.25, -0.2) is 4.68 Å². The Hall–Kier alpha value is -3.74. The Balaban J connectivity index is 1.77. The number of aryl methyl sites for hydroxylation is 1. The lowest BCUT2D eigenvalue weighted by Gasteiger charge is -2.36. The number of halogens is 12. The highest BCUT2D eigenvalue weighted by Gasteiger charge is 2.62. The first-order valence-electron chi connectivity index (χ1n) is 15.5. The molecule has 2 atom stereocenters. The van der Waals surface area contributed by atoms with Crippen LogP contribution in [0.3, 0.4) is 0 Å². The smallest absolute Gasteiger partial charge is 0.416 e. The third-order valence-corrected chi connectivity index (χ3v) is 12.9. The van der Waals surface area contributed by atoms with E-state index < -0.39 is 70.9 Å². The first-order valence-corrected chi connectivity index (χ1v) is 16.8. The Morgan fingerprint density at radius 2 is 1.18 bits per heavy atom. The molecule has 16 heteroatoms. The predicted octanol–water partition coefficient (Wildman–Crippen LogP) is 10.2. The van der Waals surface area contributed by atoms with Crippen LogP contribution in [0.2, 0.25) is 0 Å². The number of ether oxygens (including phenoxy) is 1. The van der Waals surface area contributed by atoms with Gasteiger partial charge in [0, 0.05) is 16.3 Å². The van der Waals surface area contributed by atoms with Crippen molar-refractivity contribution in [1.82, 2.24) is 9.78 Å². The van der Waals surface area contributed by atoms with Crippen molar-refractivity contribution in [3.8, 4) is 11.4 Å². The first-order chi connectivity index (χ1) is 23.3. The van der Waals surface area contributed by atoms with Gasteiger partial charge in [0.2, 0.25) is 0 Å². The molecule has 6 rings (SSSR count). The van der Waals surface area contributed by atoms with E-state index in [1.807, 2.05) is 6.92 Å². The molecule has 1 aromatic heterocycles. The van der Waals surface area contributed by atoms with Crippen LogP contribution in [0.15, 0.2) is 54.6 Å². The molecule has 0 N–H and O–H groups in total. The molecule has 2 bridgehead atoms. The lowest BCUT2D eigenvalue weighted by Crippen LogP contribution is -2.35. The van der Waals surface area contributed by atoms with Gasteiger partial charge in [0.1, 0.15) is 11.4 Å². The van der Waals surface area contributed by atoms with Crippen molar-refractivity contribution in [1.29, 1.82) is 0 Å². The van der Waals surface area contributed by atoms with Gasteiger partial charge in [-0.2, -0.15) is 57.8 Å². The van der Waals surface area contributed by atoms with Crippen LogP contribution in [-0.2, 0) is 30.1 Å². The summed E-state index contributed by atoms with van der Waals surface area (Å²) in [4.78, 5) is 0. The van der Waals surface area contributed by atoms with Gasteiger partial charge < -0.3 is 4.74 Å². The number of fused-ring (bicyclic) bond motifs is 5. The maximum absolute atomic E-state index is 14.2. The minimum Gasteiger partial charge on any atom is -0.494 e. The lowest BCUT2D eigenvalue weighted by atomic mass is 9.70. The minimum atomic E-state index is -5.36. The summed E-state index contributed by atoms with van der Waals surface area (Å²) in [6, 6.07) is 5.04. The fourth-order valence-corrected chi connectivity index (χ4v) is 10.3. The summed E-state index contributed by atoms with van der Waals surface area (Å²) in [5, 5.41) is 3.00. The van der Waals surface area contributed by atoms with Crippen LogP contribution in [0.25, 0.3) is 5.69 Å². The number of para-hydroxylation sites is 1. The van der Waals surface area contributed by atoms with E-state index in [0.717, 1.165) is 12.0 Å². The van der Waals surface area contributed by atoms with Gasteiger partial charge in [0.15, 0.2) is 0 Å². The van der Waals surface area contributed by atoms with Crippen LogP contribution in [0.1, 0.15) is 78.7 Å². The van der Waals surface area contributed by atoms with Crippen LogP contribution in [0, 0.1) is 12.3 Å². The highest BCUT2D eigenvalue weighted by atomic mass is 31.1. The molecule has 51 heavy (non-hydrogen) atoms.